The quantitative estimate of drug-likeness (QED) is 0.431. The number of rotatable bonds is 0. The summed E-state index contributed by atoms with van der Waals surface area (Å²) < 4.78 is 0. The van der Waals surface area contributed by atoms with Crippen molar-refractivity contribution < 1.29 is 53.9 Å². The van der Waals surface area contributed by atoms with E-state index >= 15 is 0 Å². The van der Waals surface area contributed by atoms with E-state index in [1.807, 2.05) is 0 Å². The standard InChI is InChI=1S/2C2H4O2.2Fe/c2*1-2(3)4;;/h2*1H3,(H,3,4);;/q;;;+2/p-2. The Kier molecular flexibility index (Phi) is 36.0. The third-order valence-corrected chi connectivity index (χ3v) is 0. The number of carbonyl (C=O) groups excluding carboxylic acids is 2. The Labute approximate surface area is 79.9 Å². The minimum Gasteiger partial charge on any atom is -0.550 e. The van der Waals surface area contributed by atoms with Crippen LogP contribution in [0.3, 0.4) is 0 Å². The van der Waals surface area contributed by atoms with Crippen molar-refractivity contribution in [2.24, 2.45) is 0 Å². The smallest absolute Gasteiger partial charge is 0.550 e. The minimum absolute atomic E-state index is 0. The number of aliphatic carboxylic acids is 2. The third-order valence-electron chi connectivity index (χ3n) is 0. The summed E-state index contributed by atoms with van der Waals surface area (Å²) in [6.07, 6.45) is 0. The molecule has 0 saturated heterocycles. The molecule has 0 atom stereocenters. The van der Waals surface area contributed by atoms with Crippen LogP contribution in [0.1, 0.15) is 13.8 Å². The fourth-order valence-electron chi connectivity index (χ4n) is 0. The number of hydrogen-bond acceptors (Lipinski definition) is 4. The van der Waals surface area contributed by atoms with E-state index in [0.29, 0.717) is 0 Å². The topological polar surface area (TPSA) is 80.3 Å². The van der Waals surface area contributed by atoms with Gasteiger partial charge in [-0.2, -0.15) is 0 Å². The van der Waals surface area contributed by atoms with Crippen molar-refractivity contribution in [2.75, 3.05) is 0 Å². The molecular formula is C4H6Fe2O4. The molecule has 0 spiro atoms. The average molecular weight is 230 g/mol. The van der Waals surface area contributed by atoms with Crippen LogP contribution < -0.4 is 10.2 Å². The van der Waals surface area contributed by atoms with Crippen LogP contribution in [0.4, 0.5) is 0 Å². The first kappa shape index (κ1) is 22.5. The molecule has 0 heterocycles. The van der Waals surface area contributed by atoms with Crippen LogP contribution in [0.25, 0.3) is 0 Å². The zero-order valence-corrected chi connectivity index (χ0v) is 7.55. The Hall–Kier alpha value is -0.0210. The molecule has 0 aromatic heterocycles. The maximum atomic E-state index is 8.89. The van der Waals surface area contributed by atoms with Crippen LogP contribution in [0, 0.1) is 0 Å². The summed E-state index contributed by atoms with van der Waals surface area (Å²) in [7, 11) is 0. The average Bonchev–Trinajstić information content (AvgIpc) is 1.25. The first-order valence-electron chi connectivity index (χ1n) is 1.82. The van der Waals surface area contributed by atoms with Crippen LogP contribution in [0.5, 0.6) is 0 Å². The zero-order chi connectivity index (χ0) is 7.15. The Bertz CT molecular complexity index is 73.3. The van der Waals surface area contributed by atoms with Gasteiger partial charge in [-0.05, 0) is 13.8 Å². The molecule has 0 N–H and O–H groups in total. The Morgan fingerprint density at radius 1 is 1.00 bits per heavy atom. The van der Waals surface area contributed by atoms with Crippen molar-refractivity contribution in [3.8, 4) is 0 Å². The van der Waals surface area contributed by atoms with Crippen LogP contribution in [0.15, 0.2) is 0 Å². The molecule has 0 bridgehead atoms. The SMILES string of the molecule is CC(=O)[O-].CC(=O)[O-].[Fe+2].[Fe]. The molecule has 0 aliphatic carbocycles. The van der Waals surface area contributed by atoms with Crippen LogP contribution in [0.2, 0.25) is 0 Å². The summed E-state index contributed by atoms with van der Waals surface area (Å²) in [5.74, 6) is -2.17. The van der Waals surface area contributed by atoms with E-state index in [9.17, 15) is 0 Å². The van der Waals surface area contributed by atoms with E-state index in [-0.39, 0.29) is 34.1 Å². The van der Waals surface area contributed by atoms with E-state index in [1.165, 1.54) is 0 Å². The zero-order valence-electron chi connectivity index (χ0n) is 5.34. The number of carboxylic acid groups (broad SMARTS) is 2. The number of carboxylic acids is 2. The maximum absolute atomic E-state index is 8.89. The van der Waals surface area contributed by atoms with Crippen molar-refractivity contribution in [1.82, 2.24) is 0 Å². The second-order valence-electron chi connectivity index (χ2n) is 0.983. The summed E-state index contributed by atoms with van der Waals surface area (Å²) in [6, 6.07) is 0. The Balaban J connectivity index is -0.0000000300. The van der Waals surface area contributed by atoms with E-state index < -0.39 is 11.9 Å². The maximum Gasteiger partial charge on any atom is 2.00 e. The van der Waals surface area contributed by atoms with Gasteiger partial charge in [-0.25, -0.2) is 0 Å². The minimum atomic E-state index is -1.08. The first-order chi connectivity index (χ1) is 3.46. The molecule has 4 nitrogen and oxygen atoms in total. The van der Waals surface area contributed by atoms with Crippen molar-refractivity contribution >= 4 is 11.9 Å². The van der Waals surface area contributed by atoms with Gasteiger partial charge in [0.1, 0.15) is 0 Å². The molecule has 0 aliphatic heterocycles. The van der Waals surface area contributed by atoms with E-state index in [0.717, 1.165) is 13.8 Å². The third kappa shape index (κ3) is 878000. The molecule has 0 fully saturated rings. The van der Waals surface area contributed by atoms with E-state index in [2.05, 4.69) is 0 Å². The van der Waals surface area contributed by atoms with Crippen LogP contribution in [-0.4, -0.2) is 11.9 Å². The van der Waals surface area contributed by atoms with Gasteiger partial charge >= 0.3 is 17.1 Å². The van der Waals surface area contributed by atoms with Gasteiger partial charge in [0, 0.05) is 29.0 Å². The first-order valence-corrected chi connectivity index (χ1v) is 1.82. The Morgan fingerprint density at radius 2 is 1.00 bits per heavy atom. The molecule has 0 radical (unpaired) electrons. The van der Waals surface area contributed by atoms with Crippen LogP contribution in [-0.2, 0) is 43.7 Å². The molecule has 0 aliphatic rings. The van der Waals surface area contributed by atoms with Gasteiger partial charge in [-0.3, -0.25) is 0 Å². The molecule has 10 heavy (non-hydrogen) atoms. The molecule has 0 rings (SSSR count). The fourth-order valence-corrected chi connectivity index (χ4v) is 0. The van der Waals surface area contributed by atoms with Crippen LogP contribution >= 0.6 is 0 Å². The van der Waals surface area contributed by atoms with Gasteiger partial charge < -0.3 is 19.8 Å². The summed E-state index contributed by atoms with van der Waals surface area (Å²) in [5, 5.41) is 17.8. The molecule has 62 valence electrons. The van der Waals surface area contributed by atoms with Gasteiger partial charge in [0.25, 0.3) is 0 Å². The largest absolute Gasteiger partial charge is 2.00 e. The van der Waals surface area contributed by atoms with Gasteiger partial charge in [-0.15, -0.1) is 0 Å². The molecule has 6 heteroatoms. The summed E-state index contributed by atoms with van der Waals surface area (Å²) in [6.45, 7) is 1.94. The predicted molar refractivity (Wildman–Crippen MR) is 21.4 cm³/mol. The molecule has 0 amide bonds. The van der Waals surface area contributed by atoms with Gasteiger partial charge in [-0.1, -0.05) is 0 Å². The van der Waals surface area contributed by atoms with Gasteiger partial charge in [0.2, 0.25) is 0 Å². The normalized spacial score (nSPS) is 5.00. The summed E-state index contributed by atoms with van der Waals surface area (Å²) >= 11 is 0. The van der Waals surface area contributed by atoms with E-state index in [4.69, 9.17) is 19.8 Å². The monoisotopic (exact) mass is 230 g/mol. The van der Waals surface area contributed by atoms with Crippen molar-refractivity contribution in [3.63, 3.8) is 0 Å². The number of hydrogen-bond donors (Lipinski definition) is 0. The fraction of sp³-hybridized carbons (Fsp3) is 0.500. The van der Waals surface area contributed by atoms with Gasteiger partial charge in [0.15, 0.2) is 0 Å². The second kappa shape index (κ2) is 16.0. The molecular weight excluding hydrogens is 224 g/mol. The van der Waals surface area contributed by atoms with Gasteiger partial charge in [0.05, 0.1) is 0 Å². The van der Waals surface area contributed by atoms with Crippen molar-refractivity contribution in [1.29, 1.82) is 0 Å². The second-order valence-corrected chi connectivity index (χ2v) is 0.983. The Morgan fingerprint density at radius 3 is 1.00 bits per heavy atom. The molecule has 0 aromatic carbocycles. The summed E-state index contributed by atoms with van der Waals surface area (Å²) in [5.41, 5.74) is 0. The van der Waals surface area contributed by atoms with Crippen molar-refractivity contribution in [3.05, 3.63) is 0 Å². The number of carbonyl (C=O) groups is 2. The molecule has 0 aromatic rings. The predicted octanol–water partition coefficient (Wildman–Crippen LogP) is -2.49. The molecule has 0 saturated carbocycles. The van der Waals surface area contributed by atoms with E-state index in [1.54, 1.807) is 0 Å². The molecule has 0 unspecified atom stereocenters. The van der Waals surface area contributed by atoms with Crippen molar-refractivity contribution in [2.45, 2.75) is 13.8 Å². The summed E-state index contributed by atoms with van der Waals surface area (Å²) in [4.78, 5) is 17.8.